The van der Waals surface area contributed by atoms with Crippen LogP contribution in [0.15, 0.2) is 0 Å². The molecule has 0 spiro atoms. The molecule has 0 aliphatic carbocycles. The molecule has 16 heavy (non-hydrogen) atoms. The Morgan fingerprint density at radius 2 is 1.75 bits per heavy atom. The van der Waals surface area contributed by atoms with E-state index in [1.807, 2.05) is 13.8 Å². The van der Waals surface area contributed by atoms with Gasteiger partial charge in [-0.2, -0.15) is 0 Å². The van der Waals surface area contributed by atoms with Crippen LogP contribution in [0, 0.1) is 0 Å². The Morgan fingerprint density at radius 3 is 2.31 bits per heavy atom. The SMILES string of the molecule is CCCCCCC(=O)NCC(=O)NC(C)C. The Labute approximate surface area is 98.2 Å². The van der Waals surface area contributed by atoms with E-state index in [1.54, 1.807) is 0 Å². The van der Waals surface area contributed by atoms with Gasteiger partial charge in [0.05, 0.1) is 6.54 Å². The van der Waals surface area contributed by atoms with Crippen molar-refractivity contribution in [2.24, 2.45) is 0 Å². The van der Waals surface area contributed by atoms with Crippen LogP contribution in [0.4, 0.5) is 0 Å². The fourth-order valence-corrected chi connectivity index (χ4v) is 1.35. The lowest BCUT2D eigenvalue weighted by Crippen LogP contribution is -2.39. The molecule has 0 heterocycles. The van der Waals surface area contributed by atoms with E-state index in [4.69, 9.17) is 0 Å². The maximum Gasteiger partial charge on any atom is 0.239 e. The zero-order chi connectivity index (χ0) is 12.4. The summed E-state index contributed by atoms with van der Waals surface area (Å²) in [5, 5.41) is 5.33. The van der Waals surface area contributed by atoms with Gasteiger partial charge in [0.2, 0.25) is 11.8 Å². The summed E-state index contributed by atoms with van der Waals surface area (Å²) in [5.41, 5.74) is 0. The van der Waals surface area contributed by atoms with Crippen molar-refractivity contribution in [2.75, 3.05) is 6.54 Å². The van der Waals surface area contributed by atoms with E-state index in [0.29, 0.717) is 6.42 Å². The monoisotopic (exact) mass is 228 g/mol. The third-order valence-corrected chi connectivity index (χ3v) is 2.15. The van der Waals surface area contributed by atoms with Crippen molar-refractivity contribution < 1.29 is 9.59 Å². The third kappa shape index (κ3) is 9.49. The summed E-state index contributed by atoms with van der Waals surface area (Å²) >= 11 is 0. The molecule has 4 nitrogen and oxygen atoms in total. The molecule has 0 aromatic heterocycles. The van der Waals surface area contributed by atoms with E-state index in [2.05, 4.69) is 17.6 Å². The zero-order valence-corrected chi connectivity index (χ0v) is 10.6. The molecular formula is C12H24N2O2. The van der Waals surface area contributed by atoms with Crippen molar-refractivity contribution in [1.82, 2.24) is 10.6 Å². The summed E-state index contributed by atoms with van der Waals surface area (Å²) in [6.45, 7) is 6.01. The molecule has 0 fully saturated rings. The van der Waals surface area contributed by atoms with E-state index >= 15 is 0 Å². The van der Waals surface area contributed by atoms with Gasteiger partial charge < -0.3 is 10.6 Å². The number of unbranched alkanes of at least 4 members (excludes halogenated alkanes) is 3. The van der Waals surface area contributed by atoms with Crippen LogP contribution in [-0.2, 0) is 9.59 Å². The summed E-state index contributed by atoms with van der Waals surface area (Å²) in [6, 6.07) is 0.119. The minimum atomic E-state index is -0.128. The molecule has 0 bridgehead atoms. The normalized spacial score (nSPS) is 10.2. The van der Waals surface area contributed by atoms with Gasteiger partial charge in [-0.3, -0.25) is 9.59 Å². The van der Waals surface area contributed by atoms with Crippen molar-refractivity contribution in [3.8, 4) is 0 Å². The highest BCUT2D eigenvalue weighted by molar-refractivity contribution is 5.84. The van der Waals surface area contributed by atoms with Crippen molar-refractivity contribution in [3.63, 3.8) is 0 Å². The van der Waals surface area contributed by atoms with Crippen LogP contribution >= 0.6 is 0 Å². The lowest BCUT2D eigenvalue weighted by atomic mass is 10.1. The molecule has 0 aromatic carbocycles. The Kier molecular flexibility index (Phi) is 8.58. The molecule has 94 valence electrons. The minimum absolute atomic E-state index is 0.0324. The van der Waals surface area contributed by atoms with Gasteiger partial charge in [0, 0.05) is 12.5 Å². The third-order valence-electron chi connectivity index (χ3n) is 2.15. The van der Waals surface area contributed by atoms with Gasteiger partial charge in [0.15, 0.2) is 0 Å². The number of rotatable bonds is 8. The highest BCUT2D eigenvalue weighted by Gasteiger charge is 2.05. The summed E-state index contributed by atoms with van der Waals surface area (Å²) in [5.74, 6) is -0.160. The highest BCUT2D eigenvalue weighted by Crippen LogP contribution is 2.01. The molecule has 0 saturated heterocycles. The fraction of sp³-hybridized carbons (Fsp3) is 0.833. The lowest BCUT2D eigenvalue weighted by Gasteiger charge is -2.09. The van der Waals surface area contributed by atoms with Crippen molar-refractivity contribution in [2.45, 2.75) is 58.9 Å². The predicted octanol–water partition coefficient (Wildman–Crippen LogP) is 1.60. The predicted molar refractivity (Wildman–Crippen MR) is 65.0 cm³/mol. The van der Waals surface area contributed by atoms with Gasteiger partial charge in [0.25, 0.3) is 0 Å². The molecule has 0 aromatic rings. The van der Waals surface area contributed by atoms with Gasteiger partial charge in [0.1, 0.15) is 0 Å². The molecule has 2 N–H and O–H groups in total. The first-order valence-corrected chi connectivity index (χ1v) is 6.12. The minimum Gasteiger partial charge on any atom is -0.352 e. The number of hydrogen-bond donors (Lipinski definition) is 2. The second-order valence-corrected chi connectivity index (χ2v) is 4.31. The summed E-state index contributed by atoms with van der Waals surface area (Å²) in [7, 11) is 0. The summed E-state index contributed by atoms with van der Waals surface area (Å²) in [6.07, 6.45) is 4.85. The van der Waals surface area contributed by atoms with E-state index in [9.17, 15) is 9.59 Å². The molecule has 0 saturated carbocycles. The van der Waals surface area contributed by atoms with Gasteiger partial charge >= 0.3 is 0 Å². The number of nitrogens with one attached hydrogen (secondary N) is 2. The smallest absolute Gasteiger partial charge is 0.239 e. The number of amides is 2. The average Bonchev–Trinajstić information content (AvgIpc) is 2.20. The fourth-order valence-electron chi connectivity index (χ4n) is 1.35. The first-order chi connectivity index (χ1) is 7.56. The maximum absolute atomic E-state index is 11.3. The maximum atomic E-state index is 11.3. The topological polar surface area (TPSA) is 58.2 Å². The Hall–Kier alpha value is -1.06. The molecule has 2 amide bonds. The Balaban J connectivity index is 3.46. The van der Waals surface area contributed by atoms with Gasteiger partial charge in [-0.15, -0.1) is 0 Å². The van der Waals surface area contributed by atoms with Crippen LogP contribution in [-0.4, -0.2) is 24.4 Å². The van der Waals surface area contributed by atoms with E-state index < -0.39 is 0 Å². The van der Waals surface area contributed by atoms with Crippen molar-refractivity contribution >= 4 is 11.8 Å². The van der Waals surface area contributed by atoms with E-state index in [1.165, 1.54) is 12.8 Å². The molecular weight excluding hydrogens is 204 g/mol. The highest BCUT2D eigenvalue weighted by atomic mass is 16.2. The van der Waals surface area contributed by atoms with Crippen LogP contribution < -0.4 is 10.6 Å². The summed E-state index contributed by atoms with van der Waals surface area (Å²) < 4.78 is 0. The van der Waals surface area contributed by atoms with Crippen molar-refractivity contribution in [1.29, 1.82) is 0 Å². The summed E-state index contributed by atoms with van der Waals surface area (Å²) in [4.78, 5) is 22.5. The van der Waals surface area contributed by atoms with E-state index in [0.717, 1.165) is 12.8 Å². The molecule has 0 unspecified atom stereocenters. The molecule has 0 atom stereocenters. The largest absolute Gasteiger partial charge is 0.352 e. The zero-order valence-electron chi connectivity index (χ0n) is 10.6. The van der Waals surface area contributed by atoms with Crippen LogP contribution in [0.1, 0.15) is 52.9 Å². The number of carbonyl (C=O) groups is 2. The standard InChI is InChI=1S/C12H24N2O2/c1-4-5-6-7-8-11(15)13-9-12(16)14-10(2)3/h10H,4-9H2,1-3H3,(H,13,15)(H,14,16). The first kappa shape index (κ1) is 14.9. The van der Waals surface area contributed by atoms with Crippen LogP contribution in [0.5, 0.6) is 0 Å². The molecule has 4 heteroatoms. The quantitative estimate of drug-likeness (QED) is 0.620. The second kappa shape index (κ2) is 9.19. The van der Waals surface area contributed by atoms with Gasteiger partial charge in [-0.05, 0) is 20.3 Å². The van der Waals surface area contributed by atoms with Gasteiger partial charge in [-0.25, -0.2) is 0 Å². The first-order valence-electron chi connectivity index (χ1n) is 6.12. The molecule has 0 rings (SSSR count). The molecule has 0 radical (unpaired) electrons. The molecule has 0 aliphatic rings. The van der Waals surface area contributed by atoms with Crippen LogP contribution in [0.2, 0.25) is 0 Å². The van der Waals surface area contributed by atoms with Gasteiger partial charge in [-0.1, -0.05) is 26.2 Å². The molecule has 0 aliphatic heterocycles. The Morgan fingerprint density at radius 1 is 1.06 bits per heavy atom. The number of carbonyl (C=O) groups excluding carboxylic acids is 2. The van der Waals surface area contributed by atoms with E-state index in [-0.39, 0.29) is 24.4 Å². The van der Waals surface area contributed by atoms with Crippen molar-refractivity contribution in [3.05, 3.63) is 0 Å². The average molecular weight is 228 g/mol. The lowest BCUT2D eigenvalue weighted by molar-refractivity contribution is -0.126. The van der Waals surface area contributed by atoms with Crippen LogP contribution in [0.3, 0.4) is 0 Å². The number of hydrogen-bond acceptors (Lipinski definition) is 2. The second-order valence-electron chi connectivity index (χ2n) is 4.31. The van der Waals surface area contributed by atoms with Crippen LogP contribution in [0.25, 0.3) is 0 Å². The Bertz CT molecular complexity index is 215.